The average Bonchev–Trinajstić information content (AvgIpc) is 2.97. The van der Waals surface area contributed by atoms with Gasteiger partial charge in [0.2, 0.25) is 0 Å². The molecule has 6 rings (SSSR count). The molecule has 1 aromatic heterocycles. The van der Waals surface area contributed by atoms with E-state index in [9.17, 15) is 9.59 Å². The van der Waals surface area contributed by atoms with E-state index in [1.165, 1.54) is 6.21 Å². The molecule has 1 saturated heterocycles. The van der Waals surface area contributed by atoms with Crippen molar-refractivity contribution in [1.82, 2.24) is 5.01 Å². The summed E-state index contributed by atoms with van der Waals surface area (Å²) < 4.78 is 6.80. The summed E-state index contributed by atoms with van der Waals surface area (Å²) >= 11 is 3.42. The van der Waals surface area contributed by atoms with Gasteiger partial charge in [0.05, 0.1) is 18.1 Å². The number of hydrazone groups is 1. The molecular formula is C22H17BrN2O3. The van der Waals surface area contributed by atoms with Crippen molar-refractivity contribution < 1.29 is 14.0 Å². The first-order valence-electron chi connectivity index (χ1n) is 9.54. The minimum Gasteiger partial charge on any atom is -0.455 e. The van der Waals surface area contributed by atoms with Gasteiger partial charge in [0.1, 0.15) is 11.5 Å². The van der Waals surface area contributed by atoms with Crippen molar-refractivity contribution in [2.24, 2.45) is 34.2 Å². The van der Waals surface area contributed by atoms with Crippen molar-refractivity contribution in [3.8, 4) is 11.3 Å². The summed E-state index contributed by atoms with van der Waals surface area (Å²) in [6, 6.07) is 11.4. The van der Waals surface area contributed by atoms with Crippen molar-refractivity contribution in [2.75, 3.05) is 0 Å². The molecule has 3 fully saturated rings. The number of furan rings is 1. The molecule has 2 bridgehead atoms. The summed E-state index contributed by atoms with van der Waals surface area (Å²) in [4.78, 5) is 25.8. The number of benzene rings is 1. The normalized spacial score (nSPS) is 31.5. The van der Waals surface area contributed by atoms with Crippen LogP contribution in [0.2, 0.25) is 0 Å². The fourth-order valence-electron chi connectivity index (χ4n) is 5.48. The number of amides is 2. The average molecular weight is 437 g/mol. The molecule has 2 heterocycles. The summed E-state index contributed by atoms with van der Waals surface area (Å²) in [5.41, 5.74) is 1.15. The number of rotatable bonds is 3. The first-order chi connectivity index (χ1) is 13.6. The van der Waals surface area contributed by atoms with Gasteiger partial charge in [-0.05, 0) is 54.4 Å². The Morgan fingerprint density at radius 2 is 1.64 bits per heavy atom. The maximum absolute atomic E-state index is 12.9. The highest BCUT2D eigenvalue weighted by atomic mass is 79.9. The maximum Gasteiger partial charge on any atom is 0.254 e. The van der Waals surface area contributed by atoms with Gasteiger partial charge in [-0.25, -0.2) is 0 Å². The van der Waals surface area contributed by atoms with Crippen molar-refractivity contribution in [2.45, 2.75) is 12.8 Å². The first kappa shape index (κ1) is 16.5. The molecule has 2 saturated carbocycles. The Bertz CT molecular complexity index is 1030. The predicted octanol–water partition coefficient (Wildman–Crippen LogP) is 4.24. The monoisotopic (exact) mass is 436 g/mol. The van der Waals surface area contributed by atoms with Crippen LogP contribution in [0.1, 0.15) is 18.6 Å². The van der Waals surface area contributed by atoms with Gasteiger partial charge in [-0.1, -0.05) is 40.2 Å². The number of halogens is 1. The molecule has 4 atom stereocenters. The first-order valence-corrected chi connectivity index (χ1v) is 10.3. The van der Waals surface area contributed by atoms with Gasteiger partial charge < -0.3 is 4.42 Å². The molecule has 140 valence electrons. The van der Waals surface area contributed by atoms with Gasteiger partial charge in [-0.3, -0.25) is 9.59 Å². The lowest BCUT2D eigenvalue weighted by Gasteiger charge is -2.18. The molecule has 2 aromatic rings. The summed E-state index contributed by atoms with van der Waals surface area (Å²) in [7, 11) is 0. The molecule has 1 spiro atoms. The molecule has 0 N–H and O–H groups in total. The second-order valence-electron chi connectivity index (χ2n) is 8.16. The molecule has 0 unspecified atom stereocenters. The third-order valence-electron chi connectivity index (χ3n) is 6.89. The van der Waals surface area contributed by atoms with Gasteiger partial charge >= 0.3 is 0 Å². The number of allylic oxidation sites excluding steroid dienone is 2. The molecule has 4 aliphatic rings. The summed E-state index contributed by atoms with van der Waals surface area (Å²) in [6.07, 6.45) is 8.05. The molecule has 2 amide bonds. The zero-order valence-electron chi connectivity index (χ0n) is 14.9. The van der Waals surface area contributed by atoms with Crippen LogP contribution in [0.25, 0.3) is 11.3 Å². The number of hydrogen-bond donors (Lipinski definition) is 0. The predicted molar refractivity (Wildman–Crippen MR) is 106 cm³/mol. The van der Waals surface area contributed by atoms with E-state index >= 15 is 0 Å². The molecule has 5 nitrogen and oxygen atoms in total. The lowest BCUT2D eigenvalue weighted by Crippen LogP contribution is -2.30. The molecule has 1 aliphatic heterocycles. The Balaban J connectivity index is 1.24. The van der Waals surface area contributed by atoms with E-state index in [2.05, 4.69) is 33.2 Å². The van der Waals surface area contributed by atoms with Gasteiger partial charge in [-0.2, -0.15) is 10.1 Å². The molecule has 3 aliphatic carbocycles. The lowest BCUT2D eigenvalue weighted by atomic mass is 9.85. The Morgan fingerprint density at radius 1 is 1.00 bits per heavy atom. The maximum atomic E-state index is 12.9. The Labute approximate surface area is 170 Å². The highest BCUT2D eigenvalue weighted by Gasteiger charge is 2.73. The zero-order chi connectivity index (χ0) is 19.0. The fourth-order valence-corrected chi connectivity index (χ4v) is 5.75. The third kappa shape index (κ3) is 2.09. The van der Waals surface area contributed by atoms with Crippen LogP contribution in [0, 0.1) is 29.1 Å². The van der Waals surface area contributed by atoms with E-state index < -0.39 is 0 Å². The highest BCUT2D eigenvalue weighted by Crippen LogP contribution is 2.73. The van der Waals surface area contributed by atoms with E-state index in [0.29, 0.717) is 11.5 Å². The minimum atomic E-state index is -0.225. The van der Waals surface area contributed by atoms with Crippen LogP contribution in [0.5, 0.6) is 0 Å². The van der Waals surface area contributed by atoms with Crippen molar-refractivity contribution >= 4 is 34.0 Å². The Morgan fingerprint density at radius 3 is 2.25 bits per heavy atom. The molecule has 0 radical (unpaired) electrons. The smallest absolute Gasteiger partial charge is 0.254 e. The molecule has 1 aromatic carbocycles. The van der Waals surface area contributed by atoms with Gasteiger partial charge in [0.25, 0.3) is 11.8 Å². The van der Waals surface area contributed by atoms with Crippen molar-refractivity contribution in [3.63, 3.8) is 0 Å². The topological polar surface area (TPSA) is 62.9 Å². The molecule has 6 heteroatoms. The SMILES string of the molecule is O=C1[C@H]2[C@H](C(=O)N1/N=C\c1ccc(-c3ccc(Br)cc3)o1)[C@H]1C=C[C@H]2C12CC2. The van der Waals surface area contributed by atoms with Gasteiger partial charge in [0.15, 0.2) is 0 Å². The second kappa shape index (κ2) is 5.54. The summed E-state index contributed by atoms with van der Waals surface area (Å²) in [6.45, 7) is 0. The number of nitrogens with zero attached hydrogens (tertiary/aromatic N) is 2. The Hall–Kier alpha value is -2.47. The van der Waals surface area contributed by atoms with Crippen LogP contribution in [0.15, 0.2) is 62.5 Å². The lowest BCUT2D eigenvalue weighted by molar-refractivity contribution is -0.141. The molecule has 28 heavy (non-hydrogen) atoms. The zero-order valence-corrected chi connectivity index (χ0v) is 16.5. The van der Waals surface area contributed by atoms with E-state index in [4.69, 9.17) is 4.42 Å². The number of hydrogen-bond acceptors (Lipinski definition) is 4. The van der Waals surface area contributed by atoms with E-state index in [-0.39, 0.29) is 40.9 Å². The standard InChI is InChI=1S/C22H17BrN2O3/c23-13-3-1-12(2-4-13)17-8-5-14(28-17)11-24-25-20(26)18-15-6-7-16(19(18)21(25)27)22(15)9-10-22/h1-8,11,15-16,18-19H,9-10H2/b24-11-/t15-,16-,18-,19-/m1/s1. The van der Waals surface area contributed by atoms with Crippen LogP contribution >= 0.6 is 15.9 Å². The van der Waals surface area contributed by atoms with Gasteiger partial charge in [-0.15, -0.1) is 0 Å². The molecular weight excluding hydrogens is 420 g/mol. The fraction of sp³-hybridized carbons (Fsp3) is 0.318. The van der Waals surface area contributed by atoms with Crippen LogP contribution < -0.4 is 0 Å². The van der Waals surface area contributed by atoms with Crippen molar-refractivity contribution in [3.05, 3.63) is 58.8 Å². The number of fused-ring (bicyclic) bond motifs is 3. The third-order valence-corrected chi connectivity index (χ3v) is 7.41. The number of carbonyl (C=O) groups excluding carboxylic acids is 2. The van der Waals surface area contributed by atoms with Crippen LogP contribution in [-0.2, 0) is 9.59 Å². The summed E-state index contributed by atoms with van der Waals surface area (Å²) in [5.74, 6) is 0.883. The van der Waals surface area contributed by atoms with E-state index in [1.807, 2.05) is 30.3 Å². The summed E-state index contributed by atoms with van der Waals surface area (Å²) in [5, 5.41) is 5.27. The van der Waals surface area contributed by atoms with Crippen LogP contribution in [-0.4, -0.2) is 23.0 Å². The second-order valence-corrected chi connectivity index (χ2v) is 9.08. The van der Waals surface area contributed by atoms with Crippen molar-refractivity contribution in [1.29, 1.82) is 0 Å². The van der Waals surface area contributed by atoms with Crippen LogP contribution in [0.3, 0.4) is 0 Å². The Kier molecular flexibility index (Phi) is 3.26. The number of imide groups is 1. The van der Waals surface area contributed by atoms with Crippen LogP contribution in [0.4, 0.5) is 0 Å². The largest absolute Gasteiger partial charge is 0.455 e. The quantitative estimate of drug-likeness (QED) is 0.410. The highest BCUT2D eigenvalue weighted by molar-refractivity contribution is 9.10. The van der Waals surface area contributed by atoms with Gasteiger partial charge in [0, 0.05) is 10.0 Å². The number of carbonyl (C=O) groups is 2. The minimum absolute atomic E-state index is 0.158. The van der Waals surface area contributed by atoms with E-state index in [0.717, 1.165) is 27.9 Å². The van der Waals surface area contributed by atoms with E-state index in [1.54, 1.807) is 6.07 Å².